The molecule has 2 atom stereocenters. The van der Waals surface area contributed by atoms with Crippen molar-refractivity contribution in [2.24, 2.45) is 5.92 Å². The Morgan fingerprint density at radius 3 is 3.11 bits per heavy atom. The summed E-state index contributed by atoms with van der Waals surface area (Å²) in [4.78, 5) is 24.6. The molecule has 0 aromatic carbocycles. The van der Waals surface area contributed by atoms with E-state index in [0.29, 0.717) is 12.3 Å². The summed E-state index contributed by atoms with van der Waals surface area (Å²) in [5, 5.41) is 8.49. The highest BCUT2D eigenvalue weighted by Gasteiger charge is 2.22. The Balaban J connectivity index is 1.47. The van der Waals surface area contributed by atoms with Crippen LogP contribution in [0.15, 0.2) is 29.9 Å². The molecule has 0 bridgehead atoms. The molecular weight excluding hydrogens is 370 g/mol. The lowest BCUT2D eigenvalue weighted by molar-refractivity contribution is -0.122. The summed E-state index contributed by atoms with van der Waals surface area (Å²) in [6.45, 7) is 7.07. The number of anilines is 2. The lowest BCUT2D eigenvalue weighted by atomic mass is 9.93. The molecule has 28 heavy (non-hydrogen) atoms. The highest BCUT2D eigenvalue weighted by molar-refractivity contribution is 7.10. The van der Waals surface area contributed by atoms with Crippen LogP contribution in [-0.2, 0) is 4.79 Å². The van der Waals surface area contributed by atoms with Gasteiger partial charge in [0.2, 0.25) is 5.91 Å². The first-order valence-corrected chi connectivity index (χ1v) is 11.2. The summed E-state index contributed by atoms with van der Waals surface area (Å²) >= 11 is 1.68. The number of carbonyl (C=O) groups excluding carboxylic acids is 1. The van der Waals surface area contributed by atoms with Gasteiger partial charge in [0.15, 0.2) is 0 Å². The van der Waals surface area contributed by atoms with Crippen LogP contribution in [0.2, 0.25) is 0 Å². The van der Waals surface area contributed by atoms with Crippen molar-refractivity contribution in [1.82, 2.24) is 15.3 Å². The lowest BCUT2D eigenvalue weighted by Gasteiger charge is -2.33. The molecule has 2 aromatic rings. The average Bonchev–Trinajstić information content (AvgIpc) is 3.26. The van der Waals surface area contributed by atoms with E-state index in [1.165, 1.54) is 11.3 Å². The molecule has 0 aliphatic carbocycles. The third-order valence-electron chi connectivity index (χ3n) is 5.18. The molecule has 2 N–H and O–H groups in total. The number of amides is 1. The Kier molecular flexibility index (Phi) is 7.65. The minimum absolute atomic E-state index is 0.0883. The van der Waals surface area contributed by atoms with Crippen LogP contribution < -0.4 is 15.5 Å². The van der Waals surface area contributed by atoms with Gasteiger partial charge in [0.1, 0.15) is 18.0 Å². The molecule has 0 saturated carbocycles. The number of thiophene rings is 1. The second-order valence-electron chi connectivity index (χ2n) is 7.49. The van der Waals surface area contributed by atoms with Gasteiger partial charge in [-0.2, -0.15) is 0 Å². The maximum Gasteiger partial charge on any atom is 0.220 e. The van der Waals surface area contributed by atoms with Crippen LogP contribution in [0.5, 0.6) is 0 Å². The maximum atomic E-state index is 12.3. The molecule has 7 heteroatoms. The molecule has 6 nitrogen and oxygen atoms in total. The molecular formula is C21H31N5OS. The van der Waals surface area contributed by atoms with Crippen LogP contribution in [-0.4, -0.2) is 35.5 Å². The number of hydrogen-bond donors (Lipinski definition) is 2. The van der Waals surface area contributed by atoms with Gasteiger partial charge in [0.05, 0.1) is 6.04 Å². The smallest absolute Gasteiger partial charge is 0.220 e. The zero-order valence-electron chi connectivity index (χ0n) is 16.9. The van der Waals surface area contributed by atoms with Crippen molar-refractivity contribution in [3.8, 4) is 0 Å². The van der Waals surface area contributed by atoms with Gasteiger partial charge in [-0.15, -0.1) is 11.3 Å². The summed E-state index contributed by atoms with van der Waals surface area (Å²) in [6, 6.07) is 6.22. The van der Waals surface area contributed by atoms with Crippen LogP contribution in [0, 0.1) is 5.92 Å². The molecule has 1 aliphatic heterocycles. The van der Waals surface area contributed by atoms with Crippen LogP contribution in [0.3, 0.4) is 0 Å². The molecule has 1 saturated heterocycles. The van der Waals surface area contributed by atoms with Gasteiger partial charge < -0.3 is 15.5 Å². The number of hydrogen-bond acceptors (Lipinski definition) is 6. The largest absolute Gasteiger partial charge is 0.370 e. The lowest BCUT2D eigenvalue weighted by Crippen LogP contribution is -2.36. The number of piperidine rings is 1. The Labute approximate surface area is 171 Å². The Morgan fingerprint density at radius 2 is 2.32 bits per heavy atom. The van der Waals surface area contributed by atoms with E-state index in [1.54, 1.807) is 17.7 Å². The standard InChI is InChI=1S/C21H31N5OS/c1-3-10-22-19-13-20(24-15-23-19)26-11-4-6-17(14-26)8-9-21(27)25-16(2)18-7-5-12-28-18/h5,7,12-13,15-17H,3-4,6,8-11,14H2,1-2H3,(H,25,27)(H,22,23,24)/t16-,17+/m1/s1. The summed E-state index contributed by atoms with van der Waals surface area (Å²) in [6.07, 6.45) is 6.53. The minimum atomic E-state index is 0.0883. The molecule has 1 amide bonds. The average molecular weight is 402 g/mol. The van der Waals surface area contributed by atoms with E-state index >= 15 is 0 Å². The number of aromatic nitrogens is 2. The van der Waals surface area contributed by atoms with Crippen LogP contribution >= 0.6 is 11.3 Å². The van der Waals surface area contributed by atoms with E-state index in [1.807, 2.05) is 24.4 Å². The first-order valence-electron chi connectivity index (χ1n) is 10.3. The van der Waals surface area contributed by atoms with E-state index in [4.69, 9.17) is 0 Å². The van der Waals surface area contributed by atoms with Crippen LogP contribution in [0.4, 0.5) is 11.6 Å². The normalized spacial score (nSPS) is 17.9. The number of nitrogens with one attached hydrogen (secondary N) is 2. The van der Waals surface area contributed by atoms with E-state index in [9.17, 15) is 4.79 Å². The molecule has 0 radical (unpaired) electrons. The van der Waals surface area contributed by atoms with Gasteiger partial charge in [-0.05, 0) is 50.0 Å². The Morgan fingerprint density at radius 1 is 1.43 bits per heavy atom. The van der Waals surface area contributed by atoms with E-state index in [0.717, 1.165) is 50.5 Å². The molecule has 0 spiro atoms. The maximum absolute atomic E-state index is 12.3. The van der Waals surface area contributed by atoms with Crippen molar-refractivity contribution in [1.29, 1.82) is 0 Å². The molecule has 1 fully saturated rings. The molecule has 152 valence electrons. The zero-order chi connectivity index (χ0) is 19.8. The molecule has 2 aromatic heterocycles. The first kappa shape index (κ1) is 20.6. The third-order valence-corrected chi connectivity index (χ3v) is 6.23. The molecule has 0 unspecified atom stereocenters. The van der Waals surface area contributed by atoms with Crippen molar-refractivity contribution in [3.63, 3.8) is 0 Å². The van der Waals surface area contributed by atoms with Gasteiger partial charge in [-0.3, -0.25) is 4.79 Å². The Bertz CT molecular complexity index is 736. The number of nitrogens with zero attached hydrogens (tertiary/aromatic N) is 3. The molecule has 1 aliphatic rings. The second-order valence-corrected chi connectivity index (χ2v) is 8.47. The number of rotatable bonds is 9. The van der Waals surface area contributed by atoms with Crippen molar-refractivity contribution in [3.05, 3.63) is 34.8 Å². The minimum Gasteiger partial charge on any atom is -0.370 e. The highest BCUT2D eigenvalue weighted by Crippen LogP contribution is 2.26. The van der Waals surface area contributed by atoms with E-state index in [-0.39, 0.29) is 11.9 Å². The predicted molar refractivity (Wildman–Crippen MR) is 116 cm³/mol. The van der Waals surface area contributed by atoms with Crippen molar-refractivity contribution in [2.75, 3.05) is 29.9 Å². The van der Waals surface area contributed by atoms with Gasteiger partial charge in [0.25, 0.3) is 0 Å². The molecule has 3 heterocycles. The summed E-state index contributed by atoms with van der Waals surface area (Å²) in [5.74, 6) is 2.54. The monoisotopic (exact) mass is 401 g/mol. The summed E-state index contributed by atoms with van der Waals surface area (Å²) in [7, 11) is 0. The Hall–Kier alpha value is -2.15. The predicted octanol–water partition coefficient (Wildman–Crippen LogP) is 4.23. The first-order chi connectivity index (χ1) is 13.7. The fourth-order valence-corrected chi connectivity index (χ4v) is 4.37. The highest BCUT2D eigenvalue weighted by atomic mass is 32.1. The topological polar surface area (TPSA) is 70.2 Å². The van der Waals surface area contributed by atoms with Crippen molar-refractivity contribution >= 4 is 28.9 Å². The fourth-order valence-electron chi connectivity index (χ4n) is 3.64. The quantitative estimate of drug-likeness (QED) is 0.658. The van der Waals surface area contributed by atoms with Crippen molar-refractivity contribution < 1.29 is 4.79 Å². The van der Waals surface area contributed by atoms with Gasteiger partial charge in [0, 0.05) is 37.0 Å². The third kappa shape index (κ3) is 5.92. The second kappa shape index (κ2) is 10.4. The summed E-state index contributed by atoms with van der Waals surface area (Å²) < 4.78 is 0. The SMILES string of the molecule is CCCNc1cc(N2CCC[C@@H](CCC(=O)N[C@H](C)c3cccs3)C2)ncn1. The van der Waals surface area contributed by atoms with Gasteiger partial charge in [-0.1, -0.05) is 13.0 Å². The molecule has 3 rings (SSSR count). The van der Waals surface area contributed by atoms with Gasteiger partial charge >= 0.3 is 0 Å². The van der Waals surface area contributed by atoms with Crippen molar-refractivity contribution in [2.45, 2.75) is 52.0 Å². The number of carbonyl (C=O) groups is 1. The zero-order valence-corrected chi connectivity index (χ0v) is 17.7. The fraction of sp³-hybridized carbons (Fsp3) is 0.571. The van der Waals surface area contributed by atoms with E-state index < -0.39 is 0 Å². The summed E-state index contributed by atoms with van der Waals surface area (Å²) in [5.41, 5.74) is 0. The van der Waals surface area contributed by atoms with Gasteiger partial charge in [-0.25, -0.2) is 9.97 Å². The van der Waals surface area contributed by atoms with E-state index in [2.05, 4.69) is 38.5 Å². The van der Waals surface area contributed by atoms with Crippen LogP contribution in [0.1, 0.15) is 56.9 Å². The van der Waals surface area contributed by atoms with Crippen LogP contribution in [0.25, 0.3) is 0 Å².